The van der Waals surface area contributed by atoms with Crippen LogP contribution in [0.3, 0.4) is 0 Å². The molecule has 0 radical (unpaired) electrons. The number of hydrogen-bond acceptors (Lipinski definition) is 1. The van der Waals surface area contributed by atoms with E-state index in [0.717, 1.165) is 17.1 Å². The Morgan fingerprint density at radius 3 is 2.67 bits per heavy atom. The van der Waals surface area contributed by atoms with Crippen LogP contribution in [0.25, 0.3) is 6.08 Å². The fraction of sp³-hybridized carbons (Fsp3) is 0.400. The minimum atomic E-state index is 0.0652. The summed E-state index contributed by atoms with van der Waals surface area (Å²) in [6.07, 6.45) is 1.96. The van der Waals surface area contributed by atoms with Crippen LogP contribution in [-0.4, -0.2) is 5.38 Å². The van der Waals surface area contributed by atoms with E-state index in [-0.39, 0.29) is 5.38 Å². The quantitative estimate of drug-likeness (QED) is 0.640. The maximum absolute atomic E-state index is 5.87. The van der Waals surface area contributed by atoms with Crippen molar-refractivity contribution >= 4 is 17.7 Å². The predicted octanol–water partition coefficient (Wildman–Crippen LogP) is 3.62. The van der Waals surface area contributed by atoms with Gasteiger partial charge >= 0.3 is 0 Å². The monoisotopic (exact) mass is 184 g/mol. The van der Waals surface area contributed by atoms with Gasteiger partial charge in [0.05, 0.1) is 5.38 Å². The van der Waals surface area contributed by atoms with Crippen molar-refractivity contribution in [2.24, 2.45) is 0 Å². The van der Waals surface area contributed by atoms with Gasteiger partial charge in [-0.2, -0.15) is 0 Å². The van der Waals surface area contributed by atoms with Crippen LogP contribution < -0.4 is 0 Å². The van der Waals surface area contributed by atoms with E-state index in [9.17, 15) is 0 Å². The third-order valence-corrected chi connectivity index (χ3v) is 2.10. The molecule has 0 aliphatic heterocycles. The molecule has 1 aromatic rings. The summed E-state index contributed by atoms with van der Waals surface area (Å²) in [4.78, 5) is 0. The zero-order valence-corrected chi connectivity index (χ0v) is 8.35. The Kier molecular flexibility index (Phi) is 2.99. The van der Waals surface area contributed by atoms with Crippen LogP contribution >= 0.6 is 11.6 Å². The first-order valence-corrected chi connectivity index (χ1v) is 4.42. The van der Waals surface area contributed by atoms with Crippen LogP contribution in [0.4, 0.5) is 0 Å². The molecule has 0 N–H and O–H groups in total. The fourth-order valence-electron chi connectivity index (χ4n) is 0.870. The summed E-state index contributed by atoms with van der Waals surface area (Å²) in [6.45, 7) is 5.87. The second kappa shape index (κ2) is 3.81. The summed E-state index contributed by atoms with van der Waals surface area (Å²) in [7, 11) is 0. The smallest absolute Gasteiger partial charge is 0.127 e. The summed E-state index contributed by atoms with van der Waals surface area (Å²) in [5.74, 6) is 1.80. The van der Waals surface area contributed by atoms with Crippen molar-refractivity contribution in [1.82, 2.24) is 0 Å². The number of halogens is 1. The minimum Gasteiger partial charge on any atom is -0.462 e. The van der Waals surface area contributed by atoms with Gasteiger partial charge < -0.3 is 4.42 Å². The van der Waals surface area contributed by atoms with Crippen molar-refractivity contribution in [1.29, 1.82) is 0 Å². The van der Waals surface area contributed by atoms with E-state index in [2.05, 4.69) is 0 Å². The normalized spacial score (nSPS) is 14.8. The first kappa shape index (κ1) is 9.40. The van der Waals surface area contributed by atoms with Gasteiger partial charge in [0.15, 0.2) is 0 Å². The van der Waals surface area contributed by atoms with Crippen LogP contribution in [0.2, 0.25) is 0 Å². The summed E-state index contributed by atoms with van der Waals surface area (Å²) in [6, 6.07) is 3.89. The SMILES string of the molecule is C/C(=C\c1ccc(C)o1)C(C)Cl. The highest BCUT2D eigenvalue weighted by Gasteiger charge is 2.00. The van der Waals surface area contributed by atoms with E-state index in [1.807, 2.05) is 39.0 Å². The molecule has 0 bridgehead atoms. The number of furan rings is 1. The van der Waals surface area contributed by atoms with E-state index in [4.69, 9.17) is 16.0 Å². The molecular weight excluding hydrogens is 172 g/mol. The van der Waals surface area contributed by atoms with Gasteiger partial charge in [0, 0.05) is 0 Å². The molecule has 66 valence electrons. The van der Waals surface area contributed by atoms with Crippen LogP contribution in [0, 0.1) is 6.92 Å². The van der Waals surface area contributed by atoms with E-state index >= 15 is 0 Å². The van der Waals surface area contributed by atoms with Crippen molar-refractivity contribution in [3.05, 3.63) is 29.2 Å². The fourth-order valence-corrected chi connectivity index (χ4v) is 0.933. The molecule has 0 saturated carbocycles. The maximum Gasteiger partial charge on any atom is 0.127 e. The Morgan fingerprint density at radius 2 is 2.25 bits per heavy atom. The average Bonchev–Trinajstić information content (AvgIpc) is 2.35. The highest BCUT2D eigenvalue weighted by molar-refractivity contribution is 6.22. The Bertz CT molecular complexity index is 284. The van der Waals surface area contributed by atoms with Gasteiger partial charge in [-0.05, 0) is 39.0 Å². The molecule has 1 rings (SSSR count). The van der Waals surface area contributed by atoms with Gasteiger partial charge in [0.1, 0.15) is 11.5 Å². The van der Waals surface area contributed by atoms with E-state index in [1.165, 1.54) is 0 Å². The van der Waals surface area contributed by atoms with Crippen LogP contribution in [0.1, 0.15) is 25.4 Å². The molecule has 1 unspecified atom stereocenters. The van der Waals surface area contributed by atoms with Crippen molar-refractivity contribution in [2.45, 2.75) is 26.1 Å². The Morgan fingerprint density at radius 1 is 1.58 bits per heavy atom. The zero-order valence-electron chi connectivity index (χ0n) is 7.60. The Balaban J connectivity index is 2.80. The van der Waals surface area contributed by atoms with E-state index in [0.29, 0.717) is 0 Å². The lowest BCUT2D eigenvalue weighted by molar-refractivity contribution is 0.524. The maximum atomic E-state index is 5.87. The molecule has 0 aliphatic rings. The number of alkyl halides is 1. The molecule has 0 spiro atoms. The molecule has 0 amide bonds. The number of allylic oxidation sites excluding steroid dienone is 1. The molecule has 0 saturated heterocycles. The average molecular weight is 185 g/mol. The topological polar surface area (TPSA) is 13.1 Å². The third kappa shape index (κ3) is 2.42. The van der Waals surface area contributed by atoms with Crippen molar-refractivity contribution in [3.8, 4) is 0 Å². The molecule has 2 heteroatoms. The second-order valence-corrected chi connectivity index (χ2v) is 3.61. The largest absolute Gasteiger partial charge is 0.462 e. The van der Waals surface area contributed by atoms with Gasteiger partial charge in [0.25, 0.3) is 0 Å². The number of hydrogen-bond donors (Lipinski definition) is 0. The van der Waals surface area contributed by atoms with Gasteiger partial charge in [-0.25, -0.2) is 0 Å². The summed E-state index contributed by atoms with van der Waals surface area (Å²) >= 11 is 5.87. The standard InChI is InChI=1S/C10H13ClO/c1-7(9(3)11)6-10-5-4-8(2)12-10/h4-6,9H,1-3H3/b7-6+. The minimum absolute atomic E-state index is 0.0652. The highest BCUT2D eigenvalue weighted by Crippen LogP contribution is 2.15. The highest BCUT2D eigenvalue weighted by atomic mass is 35.5. The molecule has 12 heavy (non-hydrogen) atoms. The summed E-state index contributed by atoms with van der Waals surface area (Å²) in [5, 5.41) is 0.0652. The van der Waals surface area contributed by atoms with Gasteiger partial charge in [0.2, 0.25) is 0 Å². The van der Waals surface area contributed by atoms with Gasteiger partial charge in [-0.1, -0.05) is 5.57 Å². The lowest BCUT2D eigenvalue weighted by Crippen LogP contribution is -1.90. The van der Waals surface area contributed by atoms with Crippen molar-refractivity contribution in [2.75, 3.05) is 0 Å². The van der Waals surface area contributed by atoms with E-state index < -0.39 is 0 Å². The summed E-state index contributed by atoms with van der Waals surface area (Å²) < 4.78 is 5.37. The first-order valence-electron chi connectivity index (χ1n) is 3.98. The molecular formula is C10H13ClO. The molecule has 0 aliphatic carbocycles. The molecule has 1 aromatic heterocycles. The van der Waals surface area contributed by atoms with Gasteiger partial charge in [-0.3, -0.25) is 0 Å². The van der Waals surface area contributed by atoms with Crippen LogP contribution in [0.15, 0.2) is 22.1 Å². The third-order valence-electron chi connectivity index (χ3n) is 1.76. The number of aryl methyl sites for hydroxylation is 1. The molecule has 0 fully saturated rings. The van der Waals surface area contributed by atoms with Crippen LogP contribution in [-0.2, 0) is 0 Å². The first-order chi connectivity index (χ1) is 5.59. The number of rotatable bonds is 2. The second-order valence-electron chi connectivity index (χ2n) is 2.95. The molecule has 1 nitrogen and oxygen atoms in total. The molecule has 0 aromatic carbocycles. The van der Waals surface area contributed by atoms with Gasteiger partial charge in [-0.15, -0.1) is 11.6 Å². The Labute approximate surface area is 78.0 Å². The molecule has 1 heterocycles. The van der Waals surface area contributed by atoms with E-state index in [1.54, 1.807) is 0 Å². The lowest BCUT2D eigenvalue weighted by Gasteiger charge is -2.00. The van der Waals surface area contributed by atoms with Crippen LogP contribution in [0.5, 0.6) is 0 Å². The molecule has 1 atom stereocenters. The predicted molar refractivity (Wildman–Crippen MR) is 52.4 cm³/mol. The zero-order chi connectivity index (χ0) is 9.14. The van der Waals surface area contributed by atoms with Crippen molar-refractivity contribution < 1.29 is 4.42 Å². The van der Waals surface area contributed by atoms with Crippen molar-refractivity contribution in [3.63, 3.8) is 0 Å². The lowest BCUT2D eigenvalue weighted by atomic mass is 10.2. The Hall–Kier alpha value is -0.690. The summed E-state index contributed by atoms with van der Waals surface area (Å²) in [5.41, 5.74) is 1.12.